The number of aromatic amines is 1. The highest BCUT2D eigenvalue weighted by atomic mass is 19.1. The molecule has 0 bridgehead atoms. The van der Waals surface area contributed by atoms with Crippen molar-refractivity contribution in [2.24, 2.45) is 5.73 Å². The second-order valence-electron chi connectivity index (χ2n) is 4.35. The zero-order chi connectivity index (χ0) is 14.0. The van der Waals surface area contributed by atoms with E-state index in [1.807, 2.05) is 0 Å². The number of carbonyl (C=O) groups is 1. The van der Waals surface area contributed by atoms with Crippen LogP contribution < -0.4 is 16.5 Å². The molecule has 2 aromatic rings. The largest absolute Gasteiger partial charge is 0.368 e. The van der Waals surface area contributed by atoms with Crippen molar-refractivity contribution in [3.63, 3.8) is 0 Å². The molecule has 1 aromatic heterocycles. The van der Waals surface area contributed by atoms with E-state index >= 15 is 0 Å². The molecule has 1 heterocycles. The van der Waals surface area contributed by atoms with E-state index in [2.05, 4.69) is 10.3 Å². The summed E-state index contributed by atoms with van der Waals surface area (Å²) < 4.78 is 13.0. The van der Waals surface area contributed by atoms with E-state index in [0.717, 1.165) is 0 Å². The van der Waals surface area contributed by atoms with Crippen LogP contribution >= 0.6 is 0 Å². The highest BCUT2D eigenvalue weighted by molar-refractivity contribution is 5.79. The molecule has 0 fully saturated rings. The van der Waals surface area contributed by atoms with Gasteiger partial charge in [-0.1, -0.05) is 0 Å². The van der Waals surface area contributed by atoms with Crippen LogP contribution in [0, 0.1) is 5.82 Å². The lowest BCUT2D eigenvalue weighted by atomic mass is 10.2. The Morgan fingerprint density at radius 3 is 2.89 bits per heavy atom. The van der Waals surface area contributed by atoms with Gasteiger partial charge < -0.3 is 16.0 Å². The quantitative estimate of drug-likeness (QED) is 0.756. The zero-order valence-electron chi connectivity index (χ0n) is 10.4. The number of halogens is 1. The lowest BCUT2D eigenvalue weighted by Crippen LogP contribution is -2.38. The molecule has 19 heavy (non-hydrogen) atoms. The number of nitrogens with two attached hydrogens (primary N) is 1. The molecule has 0 saturated carbocycles. The normalized spacial score (nSPS) is 12.5. The van der Waals surface area contributed by atoms with Gasteiger partial charge in [0.1, 0.15) is 5.82 Å². The van der Waals surface area contributed by atoms with Gasteiger partial charge in [0.25, 0.3) is 0 Å². The number of primary amides is 1. The lowest BCUT2D eigenvalue weighted by Gasteiger charge is -2.10. The second kappa shape index (κ2) is 5.19. The summed E-state index contributed by atoms with van der Waals surface area (Å²) in [5, 5.41) is 3.18. The van der Waals surface area contributed by atoms with Crippen molar-refractivity contribution < 1.29 is 9.18 Å². The van der Waals surface area contributed by atoms with Gasteiger partial charge in [-0.25, -0.2) is 4.39 Å². The van der Waals surface area contributed by atoms with Gasteiger partial charge in [-0.15, -0.1) is 0 Å². The van der Waals surface area contributed by atoms with Crippen molar-refractivity contribution in [1.82, 2.24) is 10.3 Å². The summed E-state index contributed by atoms with van der Waals surface area (Å²) >= 11 is 0. The number of carbonyl (C=O) groups excluding carboxylic acids is 1. The SMILES string of the molecule is C[C@H](NCc1cc(=O)c2cc(F)ccc2[nH]1)C(N)=O. The summed E-state index contributed by atoms with van der Waals surface area (Å²) in [6, 6.07) is 4.86. The van der Waals surface area contributed by atoms with Crippen LogP contribution in [-0.4, -0.2) is 16.9 Å². The molecule has 100 valence electrons. The van der Waals surface area contributed by atoms with E-state index in [-0.39, 0.29) is 5.43 Å². The topological polar surface area (TPSA) is 88.0 Å². The number of hydrogen-bond donors (Lipinski definition) is 3. The molecule has 4 N–H and O–H groups in total. The van der Waals surface area contributed by atoms with Crippen molar-refractivity contribution in [3.05, 3.63) is 46.0 Å². The van der Waals surface area contributed by atoms with Gasteiger partial charge in [0, 0.05) is 29.2 Å². The highest BCUT2D eigenvalue weighted by Gasteiger charge is 2.08. The number of amides is 1. The van der Waals surface area contributed by atoms with Gasteiger partial charge in [0.2, 0.25) is 5.91 Å². The van der Waals surface area contributed by atoms with Gasteiger partial charge in [0.15, 0.2) is 5.43 Å². The Kier molecular flexibility index (Phi) is 3.62. The number of rotatable bonds is 4. The van der Waals surface area contributed by atoms with E-state index in [1.165, 1.54) is 24.3 Å². The first-order chi connectivity index (χ1) is 8.97. The number of hydrogen-bond acceptors (Lipinski definition) is 3. The molecule has 1 amide bonds. The fourth-order valence-corrected chi connectivity index (χ4v) is 1.73. The summed E-state index contributed by atoms with van der Waals surface area (Å²) in [7, 11) is 0. The maximum absolute atomic E-state index is 13.0. The van der Waals surface area contributed by atoms with Crippen molar-refractivity contribution in [1.29, 1.82) is 0 Å². The Morgan fingerprint density at radius 2 is 2.21 bits per heavy atom. The molecule has 1 atom stereocenters. The predicted octanol–water partition coefficient (Wildman–Crippen LogP) is 0.631. The van der Waals surface area contributed by atoms with Crippen LogP contribution in [0.1, 0.15) is 12.6 Å². The van der Waals surface area contributed by atoms with Crippen molar-refractivity contribution in [2.45, 2.75) is 19.5 Å². The van der Waals surface area contributed by atoms with Crippen LogP contribution in [0.15, 0.2) is 29.1 Å². The Morgan fingerprint density at radius 1 is 1.47 bits per heavy atom. The molecule has 0 radical (unpaired) electrons. The average molecular weight is 263 g/mol. The van der Waals surface area contributed by atoms with Gasteiger partial charge in [-0.2, -0.15) is 0 Å². The molecule has 0 aliphatic rings. The molecule has 0 unspecified atom stereocenters. The Bertz CT molecular complexity index is 681. The molecule has 0 aliphatic heterocycles. The predicted molar refractivity (Wildman–Crippen MR) is 70.0 cm³/mol. The third-order valence-corrected chi connectivity index (χ3v) is 2.87. The minimum atomic E-state index is -0.493. The minimum Gasteiger partial charge on any atom is -0.368 e. The third-order valence-electron chi connectivity index (χ3n) is 2.87. The van der Waals surface area contributed by atoms with Crippen LogP contribution in [0.5, 0.6) is 0 Å². The lowest BCUT2D eigenvalue weighted by molar-refractivity contribution is -0.119. The molecule has 0 saturated heterocycles. The summed E-state index contributed by atoms with van der Waals surface area (Å²) in [6.07, 6.45) is 0. The Balaban J connectivity index is 2.29. The molecular formula is C13H14FN3O2. The van der Waals surface area contributed by atoms with Crippen LogP contribution in [0.4, 0.5) is 4.39 Å². The zero-order valence-corrected chi connectivity index (χ0v) is 10.4. The fourth-order valence-electron chi connectivity index (χ4n) is 1.73. The molecule has 0 aliphatic carbocycles. The molecule has 6 heteroatoms. The van der Waals surface area contributed by atoms with Crippen molar-refractivity contribution in [3.8, 4) is 0 Å². The fraction of sp³-hybridized carbons (Fsp3) is 0.231. The molecule has 5 nitrogen and oxygen atoms in total. The third kappa shape index (κ3) is 2.97. The maximum Gasteiger partial charge on any atom is 0.234 e. The van der Waals surface area contributed by atoms with E-state index in [9.17, 15) is 14.0 Å². The first kappa shape index (κ1) is 13.2. The van der Waals surface area contributed by atoms with E-state index < -0.39 is 17.8 Å². The average Bonchev–Trinajstić information content (AvgIpc) is 2.36. The molecule has 2 rings (SSSR count). The van der Waals surface area contributed by atoms with Gasteiger partial charge in [0.05, 0.1) is 6.04 Å². The second-order valence-corrected chi connectivity index (χ2v) is 4.35. The summed E-state index contributed by atoms with van der Waals surface area (Å²) in [4.78, 5) is 25.7. The molecular weight excluding hydrogens is 249 g/mol. The number of fused-ring (bicyclic) bond motifs is 1. The number of nitrogens with one attached hydrogen (secondary N) is 2. The number of benzene rings is 1. The first-order valence-electron chi connectivity index (χ1n) is 5.81. The number of aromatic nitrogens is 1. The summed E-state index contributed by atoms with van der Waals surface area (Å²) in [5.41, 5.74) is 6.02. The maximum atomic E-state index is 13.0. The van der Waals surface area contributed by atoms with Gasteiger partial charge in [-0.05, 0) is 25.1 Å². The summed E-state index contributed by atoms with van der Waals surface area (Å²) in [6.45, 7) is 1.93. The Hall–Kier alpha value is -2.21. The van der Waals surface area contributed by atoms with E-state index in [0.29, 0.717) is 23.1 Å². The Labute approximate surface area is 108 Å². The molecule has 1 aromatic carbocycles. The van der Waals surface area contributed by atoms with Crippen LogP contribution in [0.2, 0.25) is 0 Å². The van der Waals surface area contributed by atoms with Crippen LogP contribution in [0.25, 0.3) is 10.9 Å². The van der Waals surface area contributed by atoms with Crippen LogP contribution in [-0.2, 0) is 11.3 Å². The van der Waals surface area contributed by atoms with E-state index in [1.54, 1.807) is 6.92 Å². The standard InChI is InChI=1S/C13H14FN3O2/c1-7(13(15)19)16-6-9-5-12(18)10-4-8(14)2-3-11(10)17-9/h2-5,7,16H,6H2,1H3,(H2,15,19)(H,17,18)/t7-/m0/s1. The first-order valence-corrected chi connectivity index (χ1v) is 5.81. The monoisotopic (exact) mass is 263 g/mol. The summed E-state index contributed by atoms with van der Waals surface area (Å²) in [5.74, 6) is -0.920. The van der Waals surface area contributed by atoms with Crippen molar-refractivity contribution >= 4 is 16.8 Å². The highest BCUT2D eigenvalue weighted by Crippen LogP contribution is 2.10. The van der Waals surface area contributed by atoms with Crippen molar-refractivity contribution in [2.75, 3.05) is 0 Å². The minimum absolute atomic E-state index is 0.267. The van der Waals surface area contributed by atoms with E-state index in [4.69, 9.17) is 5.73 Å². The van der Waals surface area contributed by atoms with Gasteiger partial charge in [-0.3, -0.25) is 9.59 Å². The number of pyridine rings is 1. The van der Waals surface area contributed by atoms with Crippen LogP contribution in [0.3, 0.4) is 0 Å². The van der Waals surface area contributed by atoms with Gasteiger partial charge >= 0.3 is 0 Å². The smallest absolute Gasteiger partial charge is 0.234 e. The number of H-pyrrole nitrogens is 1. The molecule has 0 spiro atoms.